The number of hydrogen-bond acceptors (Lipinski definition) is 4. The molecule has 0 aliphatic carbocycles. The molecule has 0 amide bonds. The summed E-state index contributed by atoms with van der Waals surface area (Å²) in [4.78, 5) is 11.9. The molecule has 2 aromatic carbocycles. The van der Waals surface area contributed by atoms with Crippen LogP contribution in [0.25, 0.3) is 11.0 Å². The van der Waals surface area contributed by atoms with Gasteiger partial charge in [-0.25, -0.2) is 4.79 Å². The maximum Gasteiger partial charge on any atom is 0.336 e. The largest absolute Gasteiger partial charge is 0.482 e. The van der Waals surface area contributed by atoms with Gasteiger partial charge in [0.05, 0.1) is 0 Å². The molecule has 0 bridgehead atoms. The van der Waals surface area contributed by atoms with Crippen molar-refractivity contribution in [1.82, 2.24) is 0 Å². The first-order valence-corrected chi connectivity index (χ1v) is 7.50. The van der Waals surface area contributed by atoms with E-state index in [2.05, 4.69) is 0 Å². The van der Waals surface area contributed by atoms with E-state index in [1.54, 1.807) is 13.0 Å². The lowest BCUT2D eigenvalue weighted by Crippen LogP contribution is -2.28. The number of hydrogen-bond donors (Lipinski definition) is 1. The SMILES string of the molecule is Cc1ccc2oc(=O)cc([C@@H]3Oc4ccccc4[C@]3(C)O)c2c1. The minimum atomic E-state index is -1.22. The highest BCUT2D eigenvalue weighted by molar-refractivity contribution is 5.81. The fourth-order valence-corrected chi connectivity index (χ4v) is 3.25. The molecule has 0 saturated heterocycles. The van der Waals surface area contributed by atoms with Gasteiger partial charge < -0.3 is 14.3 Å². The second kappa shape index (κ2) is 4.70. The highest BCUT2D eigenvalue weighted by atomic mass is 16.5. The summed E-state index contributed by atoms with van der Waals surface area (Å²) in [5.41, 5.74) is 1.23. The summed E-state index contributed by atoms with van der Waals surface area (Å²) in [6.07, 6.45) is -0.659. The number of para-hydroxylation sites is 1. The van der Waals surface area contributed by atoms with Gasteiger partial charge in [0.25, 0.3) is 0 Å². The Labute approximate surface area is 132 Å². The lowest BCUT2D eigenvalue weighted by Gasteiger charge is -2.25. The number of ether oxygens (including phenoxy) is 1. The standard InChI is InChI=1S/C19H16O4/c1-11-7-8-15-12(9-11)13(10-17(20)22-15)18-19(2,21)14-5-3-4-6-16(14)23-18/h3-10,18,21H,1-2H3/t18-,19-/m0/s1. The first kappa shape index (κ1) is 14.0. The zero-order chi connectivity index (χ0) is 16.2. The van der Waals surface area contributed by atoms with Gasteiger partial charge in [-0.3, -0.25) is 0 Å². The van der Waals surface area contributed by atoms with Gasteiger partial charge in [-0.1, -0.05) is 29.8 Å². The molecular weight excluding hydrogens is 292 g/mol. The Hall–Kier alpha value is -2.59. The van der Waals surface area contributed by atoms with E-state index in [-0.39, 0.29) is 0 Å². The minimum absolute atomic E-state index is 0.452. The van der Waals surface area contributed by atoms with Crippen LogP contribution in [0.15, 0.2) is 57.7 Å². The summed E-state index contributed by atoms with van der Waals surface area (Å²) in [6.45, 7) is 3.68. The third kappa shape index (κ3) is 2.06. The van der Waals surface area contributed by atoms with Gasteiger partial charge in [0.15, 0.2) is 6.10 Å². The van der Waals surface area contributed by atoms with E-state index in [0.717, 1.165) is 16.5 Å². The van der Waals surface area contributed by atoms with Crippen LogP contribution < -0.4 is 10.4 Å². The van der Waals surface area contributed by atoms with E-state index in [1.165, 1.54) is 6.07 Å². The van der Waals surface area contributed by atoms with Crippen LogP contribution >= 0.6 is 0 Å². The molecule has 1 aliphatic heterocycles. The topological polar surface area (TPSA) is 59.7 Å². The molecule has 1 aromatic heterocycles. The normalized spacial score (nSPS) is 22.8. The average Bonchev–Trinajstić information content (AvgIpc) is 2.79. The highest BCUT2D eigenvalue weighted by Gasteiger charge is 2.45. The van der Waals surface area contributed by atoms with Crippen molar-refractivity contribution in [3.63, 3.8) is 0 Å². The van der Waals surface area contributed by atoms with E-state index in [0.29, 0.717) is 16.9 Å². The zero-order valence-corrected chi connectivity index (χ0v) is 12.9. The third-order valence-electron chi connectivity index (χ3n) is 4.40. The number of fused-ring (bicyclic) bond motifs is 2. The van der Waals surface area contributed by atoms with Gasteiger partial charge in [-0.2, -0.15) is 0 Å². The van der Waals surface area contributed by atoms with E-state index in [1.807, 2.05) is 43.3 Å². The Morgan fingerprint density at radius 3 is 2.70 bits per heavy atom. The van der Waals surface area contributed by atoms with Crippen LogP contribution in [-0.2, 0) is 5.60 Å². The summed E-state index contributed by atoms with van der Waals surface area (Å²) in [7, 11) is 0. The number of aliphatic hydroxyl groups is 1. The summed E-state index contributed by atoms with van der Waals surface area (Å²) in [5.74, 6) is 0.636. The van der Waals surface area contributed by atoms with Crippen LogP contribution in [-0.4, -0.2) is 5.11 Å². The maximum absolute atomic E-state index is 11.9. The number of rotatable bonds is 1. The molecule has 4 heteroatoms. The summed E-state index contributed by atoms with van der Waals surface area (Å²) in [6, 6.07) is 14.4. The van der Waals surface area contributed by atoms with Crippen LogP contribution in [0.3, 0.4) is 0 Å². The first-order valence-electron chi connectivity index (χ1n) is 7.50. The number of benzene rings is 2. The van der Waals surface area contributed by atoms with Gasteiger partial charge in [0, 0.05) is 22.6 Å². The van der Waals surface area contributed by atoms with Gasteiger partial charge in [0.1, 0.15) is 16.9 Å². The molecule has 2 atom stereocenters. The van der Waals surface area contributed by atoms with E-state index in [4.69, 9.17) is 9.15 Å². The molecule has 2 heterocycles. The monoisotopic (exact) mass is 308 g/mol. The molecular formula is C19H16O4. The van der Waals surface area contributed by atoms with Crippen molar-refractivity contribution in [2.24, 2.45) is 0 Å². The predicted octanol–water partition coefficient (Wildman–Crippen LogP) is 3.44. The highest BCUT2D eigenvalue weighted by Crippen LogP contribution is 2.49. The molecule has 0 spiro atoms. The Morgan fingerprint density at radius 1 is 1.13 bits per heavy atom. The molecule has 0 radical (unpaired) electrons. The summed E-state index contributed by atoms with van der Waals surface area (Å²) < 4.78 is 11.3. The van der Waals surface area contributed by atoms with Gasteiger partial charge in [-0.15, -0.1) is 0 Å². The Bertz CT molecular complexity index is 969. The van der Waals surface area contributed by atoms with Crippen molar-refractivity contribution in [2.45, 2.75) is 25.6 Å². The lowest BCUT2D eigenvalue weighted by atomic mass is 9.87. The molecule has 4 nitrogen and oxygen atoms in total. The van der Waals surface area contributed by atoms with Gasteiger partial charge >= 0.3 is 5.63 Å². The molecule has 1 N–H and O–H groups in total. The molecule has 1 aliphatic rings. The second-order valence-electron chi connectivity index (χ2n) is 6.16. The summed E-state index contributed by atoms with van der Waals surface area (Å²) >= 11 is 0. The molecule has 0 unspecified atom stereocenters. The quantitative estimate of drug-likeness (QED) is 0.700. The van der Waals surface area contributed by atoms with Crippen LogP contribution in [0, 0.1) is 6.92 Å². The smallest absolute Gasteiger partial charge is 0.336 e. The van der Waals surface area contributed by atoms with E-state index >= 15 is 0 Å². The van der Waals surface area contributed by atoms with Crippen molar-refractivity contribution in [2.75, 3.05) is 0 Å². The first-order chi connectivity index (χ1) is 11.0. The summed E-state index contributed by atoms with van der Waals surface area (Å²) in [5, 5.41) is 11.8. The maximum atomic E-state index is 11.9. The lowest BCUT2D eigenvalue weighted by molar-refractivity contribution is -0.0255. The van der Waals surface area contributed by atoms with Crippen molar-refractivity contribution in [1.29, 1.82) is 0 Å². The molecule has 23 heavy (non-hydrogen) atoms. The van der Waals surface area contributed by atoms with E-state index < -0.39 is 17.3 Å². The van der Waals surface area contributed by atoms with Gasteiger partial charge in [-0.05, 0) is 32.0 Å². The van der Waals surface area contributed by atoms with Crippen LogP contribution in [0.1, 0.15) is 29.7 Å². The Kier molecular flexibility index (Phi) is 2.87. The van der Waals surface area contributed by atoms with E-state index in [9.17, 15) is 9.90 Å². The Morgan fingerprint density at radius 2 is 1.91 bits per heavy atom. The predicted molar refractivity (Wildman–Crippen MR) is 86.6 cm³/mol. The molecule has 0 saturated carbocycles. The number of aryl methyl sites for hydroxylation is 1. The minimum Gasteiger partial charge on any atom is -0.482 e. The van der Waals surface area contributed by atoms with Gasteiger partial charge in [0.2, 0.25) is 0 Å². The second-order valence-corrected chi connectivity index (χ2v) is 6.16. The van der Waals surface area contributed by atoms with Crippen LogP contribution in [0.2, 0.25) is 0 Å². The fourth-order valence-electron chi connectivity index (χ4n) is 3.25. The van der Waals surface area contributed by atoms with Crippen molar-refractivity contribution in [3.05, 3.63) is 75.6 Å². The van der Waals surface area contributed by atoms with Crippen LogP contribution in [0.5, 0.6) is 5.75 Å². The zero-order valence-electron chi connectivity index (χ0n) is 12.9. The Balaban J connectivity index is 1.97. The van der Waals surface area contributed by atoms with Crippen molar-refractivity contribution in [3.8, 4) is 5.75 Å². The van der Waals surface area contributed by atoms with Crippen LogP contribution in [0.4, 0.5) is 0 Å². The van der Waals surface area contributed by atoms with Crippen molar-refractivity contribution < 1.29 is 14.3 Å². The third-order valence-corrected chi connectivity index (χ3v) is 4.40. The molecule has 3 aromatic rings. The molecule has 116 valence electrons. The molecule has 0 fully saturated rings. The molecule has 4 rings (SSSR count). The fraction of sp³-hybridized carbons (Fsp3) is 0.211. The van der Waals surface area contributed by atoms with Crippen molar-refractivity contribution >= 4 is 11.0 Å². The average molecular weight is 308 g/mol.